The number of nitrogens with zero attached hydrogens (tertiary/aromatic N) is 2. The van der Waals surface area contributed by atoms with E-state index in [1.165, 1.54) is 37.7 Å². The van der Waals surface area contributed by atoms with Crippen molar-refractivity contribution in [3.63, 3.8) is 0 Å². The first kappa shape index (κ1) is 22.2. The van der Waals surface area contributed by atoms with Crippen molar-refractivity contribution in [2.45, 2.75) is 6.92 Å². The SMILES string of the molecule is COCCOc1cc([N+](=O)[O-])c(C(=O)Nc2cccc(-c3csc(C)n3)c2)cc1OC. The highest BCUT2D eigenvalue weighted by atomic mass is 32.1. The van der Waals surface area contributed by atoms with E-state index < -0.39 is 16.5 Å². The van der Waals surface area contributed by atoms with Crippen molar-refractivity contribution in [2.24, 2.45) is 0 Å². The summed E-state index contributed by atoms with van der Waals surface area (Å²) in [6.45, 7) is 2.39. The lowest BCUT2D eigenvalue weighted by Gasteiger charge is -2.13. The zero-order valence-electron chi connectivity index (χ0n) is 17.2. The van der Waals surface area contributed by atoms with Gasteiger partial charge in [0.15, 0.2) is 11.5 Å². The minimum absolute atomic E-state index is 0.143. The fourth-order valence-corrected chi connectivity index (χ4v) is 3.46. The number of hydrogen-bond donors (Lipinski definition) is 1. The lowest BCUT2D eigenvalue weighted by Crippen LogP contribution is -2.15. The summed E-state index contributed by atoms with van der Waals surface area (Å²) in [5.41, 5.74) is 1.58. The standard InChI is InChI=1S/C21H21N3O6S/c1-13-22-17(12-31-13)14-5-4-6-15(9-14)23-21(25)16-10-19(29-3)20(30-8-7-28-2)11-18(16)24(26)27/h4-6,9-12H,7-8H2,1-3H3,(H,23,25). The van der Waals surface area contributed by atoms with Crippen LogP contribution in [0.3, 0.4) is 0 Å². The molecule has 0 saturated carbocycles. The molecule has 0 radical (unpaired) electrons. The number of ether oxygens (including phenoxy) is 3. The van der Waals surface area contributed by atoms with Crippen LogP contribution in [0.1, 0.15) is 15.4 Å². The van der Waals surface area contributed by atoms with E-state index in [4.69, 9.17) is 14.2 Å². The van der Waals surface area contributed by atoms with Crippen LogP contribution in [0.15, 0.2) is 41.8 Å². The summed E-state index contributed by atoms with van der Waals surface area (Å²) in [7, 11) is 2.91. The van der Waals surface area contributed by atoms with Gasteiger partial charge in [-0.3, -0.25) is 14.9 Å². The Morgan fingerprint density at radius 2 is 2.00 bits per heavy atom. The number of thiazole rings is 1. The van der Waals surface area contributed by atoms with Crippen LogP contribution in [0, 0.1) is 17.0 Å². The Balaban J connectivity index is 1.89. The van der Waals surface area contributed by atoms with Gasteiger partial charge < -0.3 is 19.5 Å². The molecule has 1 aromatic heterocycles. The molecular weight excluding hydrogens is 422 g/mol. The number of hydrogen-bond acceptors (Lipinski definition) is 8. The first-order chi connectivity index (χ1) is 14.9. The van der Waals surface area contributed by atoms with Crippen LogP contribution < -0.4 is 14.8 Å². The number of rotatable bonds is 9. The van der Waals surface area contributed by atoms with Gasteiger partial charge >= 0.3 is 0 Å². The molecule has 10 heteroatoms. The van der Waals surface area contributed by atoms with E-state index in [2.05, 4.69) is 10.3 Å². The van der Waals surface area contributed by atoms with Gasteiger partial charge in [-0.1, -0.05) is 12.1 Å². The van der Waals surface area contributed by atoms with Gasteiger partial charge in [-0.2, -0.15) is 0 Å². The molecule has 0 aliphatic carbocycles. The Labute approximate surface area is 182 Å². The first-order valence-corrected chi connectivity index (χ1v) is 10.1. The second-order valence-electron chi connectivity index (χ2n) is 6.41. The summed E-state index contributed by atoms with van der Waals surface area (Å²) in [4.78, 5) is 28.3. The number of benzene rings is 2. The van der Waals surface area contributed by atoms with Crippen LogP contribution in [0.4, 0.5) is 11.4 Å². The molecule has 3 rings (SSSR count). The van der Waals surface area contributed by atoms with Crippen LogP contribution in [0.25, 0.3) is 11.3 Å². The van der Waals surface area contributed by atoms with E-state index in [1.807, 2.05) is 18.4 Å². The molecular formula is C21H21N3O6S. The first-order valence-electron chi connectivity index (χ1n) is 9.25. The lowest BCUT2D eigenvalue weighted by molar-refractivity contribution is -0.385. The van der Waals surface area contributed by atoms with Crippen molar-refractivity contribution in [1.82, 2.24) is 4.98 Å². The zero-order chi connectivity index (χ0) is 22.4. The summed E-state index contributed by atoms with van der Waals surface area (Å²) in [5.74, 6) is -0.276. The summed E-state index contributed by atoms with van der Waals surface area (Å²) < 4.78 is 15.7. The second-order valence-corrected chi connectivity index (χ2v) is 7.47. The van der Waals surface area contributed by atoms with Gasteiger partial charge in [-0.05, 0) is 19.1 Å². The monoisotopic (exact) mass is 443 g/mol. The van der Waals surface area contributed by atoms with Crippen molar-refractivity contribution < 1.29 is 23.9 Å². The molecule has 1 amide bonds. The highest BCUT2D eigenvalue weighted by molar-refractivity contribution is 7.09. The molecule has 0 bridgehead atoms. The number of nitrogens with one attached hydrogen (secondary N) is 1. The average Bonchev–Trinajstić information content (AvgIpc) is 3.20. The summed E-state index contributed by atoms with van der Waals surface area (Å²) in [5, 5.41) is 17.2. The van der Waals surface area contributed by atoms with Gasteiger partial charge in [0.05, 0.1) is 35.4 Å². The Bertz CT molecular complexity index is 1100. The number of methoxy groups -OCH3 is 2. The fraction of sp³-hybridized carbons (Fsp3) is 0.238. The number of aryl methyl sites for hydroxylation is 1. The molecule has 9 nitrogen and oxygen atoms in total. The maximum atomic E-state index is 12.9. The smallest absolute Gasteiger partial charge is 0.286 e. The van der Waals surface area contributed by atoms with E-state index in [-0.39, 0.29) is 23.7 Å². The second kappa shape index (κ2) is 10.0. The maximum absolute atomic E-state index is 12.9. The van der Waals surface area contributed by atoms with Gasteiger partial charge in [0.25, 0.3) is 11.6 Å². The highest BCUT2D eigenvalue weighted by Gasteiger charge is 2.25. The molecule has 31 heavy (non-hydrogen) atoms. The van der Waals surface area contributed by atoms with Crippen molar-refractivity contribution in [3.05, 3.63) is 62.5 Å². The molecule has 0 aliphatic rings. The predicted octanol–water partition coefficient (Wildman–Crippen LogP) is 4.31. The number of aromatic nitrogens is 1. The van der Waals surface area contributed by atoms with Gasteiger partial charge in [-0.15, -0.1) is 11.3 Å². The molecule has 0 spiro atoms. The molecule has 0 saturated heterocycles. The van der Waals surface area contributed by atoms with Crippen LogP contribution >= 0.6 is 11.3 Å². The predicted molar refractivity (Wildman–Crippen MR) is 117 cm³/mol. The Morgan fingerprint density at radius 1 is 1.19 bits per heavy atom. The minimum Gasteiger partial charge on any atom is -0.493 e. The van der Waals surface area contributed by atoms with E-state index in [1.54, 1.807) is 18.2 Å². The largest absolute Gasteiger partial charge is 0.493 e. The molecule has 1 N–H and O–H groups in total. The normalized spacial score (nSPS) is 10.5. The highest BCUT2D eigenvalue weighted by Crippen LogP contribution is 2.35. The van der Waals surface area contributed by atoms with Gasteiger partial charge in [0, 0.05) is 29.8 Å². The Kier molecular flexibility index (Phi) is 7.16. The van der Waals surface area contributed by atoms with Gasteiger partial charge in [0.1, 0.15) is 12.2 Å². The molecule has 162 valence electrons. The van der Waals surface area contributed by atoms with Crippen molar-refractivity contribution in [2.75, 3.05) is 32.8 Å². The fourth-order valence-electron chi connectivity index (χ4n) is 2.84. The van der Waals surface area contributed by atoms with Crippen molar-refractivity contribution in [3.8, 4) is 22.8 Å². The molecule has 0 aliphatic heterocycles. The van der Waals surface area contributed by atoms with E-state index in [9.17, 15) is 14.9 Å². The van der Waals surface area contributed by atoms with E-state index in [0.29, 0.717) is 12.3 Å². The molecule has 3 aromatic rings. The summed E-state index contributed by atoms with van der Waals surface area (Å²) >= 11 is 1.53. The number of nitro groups is 1. The zero-order valence-corrected chi connectivity index (χ0v) is 18.0. The lowest BCUT2D eigenvalue weighted by atomic mass is 10.1. The minimum atomic E-state index is -0.639. The van der Waals surface area contributed by atoms with Crippen LogP contribution in [-0.2, 0) is 4.74 Å². The number of nitro benzene ring substituents is 1. The average molecular weight is 443 g/mol. The molecule has 2 aromatic carbocycles. The Hall–Kier alpha value is -3.50. The topological polar surface area (TPSA) is 113 Å². The van der Waals surface area contributed by atoms with Gasteiger partial charge in [-0.25, -0.2) is 4.98 Å². The van der Waals surface area contributed by atoms with Crippen LogP contribution in [0.5, 0.6) is 11.5 Å². The number of anilines is 1. The number of amides is 1. The van der Waals surface area contributed by atoms with Crippen LogP contribution in [0.2, 0.25) is 0 Å². The van der Waals surface area contributed by atoms with E-state index in [0.717, 1.165) is 16.3 Å². The quantitative estimate of drug-likeness (QED) is 0.298. The third-order valence-corrected chi connectivity index (χ3v) is 5.08. The number of carbonyl (C=O) groups is 1. The molecule has 0 atom stereocenters. The molecule has 0 fully saturated rings. The maximum Gasteiger partial charge on any atom is 0.286 e. The Morgan fingerprint density at radius 3 is 2.65 bits per heavy atom. The van der Waals surface area contributed by atoms with E-state index >= 15 is 0 Å². The molecule has 1 heterocycles. The summed E-state index contributed by atoms with van der Waals surface area (Å²) in [6, 6.07) is 9.59. The van der Waals surface area contributed by atoms with Crippen molar-refractivity contribution in [1.29, 1.82) is 0 Å². The van der Waals surface area contributed by atoms with Crippen molar-refractivity contribution >= 4 is 28.6 Å². The summed E-state index contributed by atoms with van der Waals surface area (Å²) in [6.07, 6.45) is 0. The number of carbonyl (C=O) groups excluding carboxylic acids is 1. The third kappa shape index (κ3) is 5.36. The third-order valence-electron chi connectivity index (χ3n) is 4.30. The van der Waals surface area contributed by atoms with Gasteiger partial charge in [0.2, 0.25) is 0 Å². The van der Waals surface area contributed by atoms with Crippen LogP contribution in [-0.4, -0.2) is 43.2 Å². The molecule has 0 unspecified atom stereocenters.